The first-order valence-electron chi connectivity index (χ1n) is 9.48. The highest BCUT2D eigenvalue weighted by Crippen LogP contribution is 2.15. The summed E-state index contributed by atoms with van der Waals surface area (Å²) >= 11 is 0. The lowest BCUT2D eigenvalue weighted by Gasteiger charge is -2.34. The molecular formula is C22H29N3O2. The van der Waals surface area contributed by atoms with Gasteiger partial charge in [-0.15, -0.1) is 0 Å². The normalized spacial score (nSPS) is 15.5. The van der Waals surface area contributed by atoms with E-state index in [9.17, 15) is 4.79 Å². The molecule has 1 aliphatic heterocycles. The third kappa shape index (κ3) is 5.55. The number of methoxy groups -OCH3 is 1. The lowest BCUT2D eigenvalue weighted by Crippen LogP contribution is -2.48. The Kier molecular flexibility index (Phi) is 6.48. The van der Waals surface area contributed by atoms with Gasteiger partial charge in [0.05, 0.1) is 13.7 Å². The smallest absolute Gasteiger partial charge is 0.238 e. The Balaban J connectivity index is 1.43. The molecule has 0 unspecified atom stereocenters. The van der Waals surface area contributed by atoms with E-state index in [-0.39, 0.29) is 5.91 Å². The summed E-state index contributed by atoms with van der Waals surface area (Å²) in [6.45, 7) is 9.30. The monoisotopic (exact) mass is 367 g/mol. The zero-order valence-electron chi connectivity index (χ0n) is 16.5. The molecule has 5 nitrogen and oxygen atoms in total. The zero-order valence-corrected chi connectivity index (χ0v) is 16.5. The van der Waals surface area contributed by atoms with E-state index in [1.54, 1.807) is 7.11 Å². The first-order chi connectivity index (χ1) is 13.0. The average Bonchev–Trinajstić information content (AvgIpc) is 2.67. The van der Waals surface area contributed by atoms with Crippen LogP contribution in [0.25, 0.3) is 0 Å². The van der Waals surface area contributed by atoms with Gasteiger partial charge in [0.1, 0.15) is 5.75 Å². The summed E-state index contributed by atoms with van der Waals surface area (Å²) in [5, 5.41) is 3.01. The van der Waals surface area contributed by atoms with Crippen molar-refractivity contribution < 1.29 is 9.53 Å². The van der Waals surface area contributed by atoms with Crippen LogP contribution in [0.1, 0.15) is 16.7 Å². The molecular weight excluding hydrogens is 338 g/mol. The van der Waals surface area contributed by atoms with Crippen LogP contribution in [0.2, 0.25) is 0 Å². The number of nitrogens with one attached hydrogen (secondary N) is 1. The van der Waals surface area contributed by atoms with Crippen LogP contribution in [-0.4, -0.2) is 55.5 Å². The summed E-state index contributed by atoms with van der Waals surface area (Å²) in [7, 11) is 1.68. The summed E-state index contributed by atoms with van der Waals surface area (Å²) in [5.74, 6) is 0.945. The number of amides is 1. The molecule has 27 heavy (non-hydrogen) atoms. The highest BCUT2D eigenvalue weighted by Gasteiger charge is 2.19. The Morgan fingerprint density at radius 1 is 0.963 bits per heavy atom. The molecule has 0 radical (unpaired) electrons. The van der Waals surface area contributed by atoms with E-state index in [1.165, 1.54) is 16.7 Å². The topological polar surface area (TPSA) is 44.8 Å². The van der Waals surface area contributed by atoms with Gasteiger partial charge in [0.15, 0.2) is 0 Å². The molecule has 1 saturated heterocycles. The average molecular weight is 367 g/mol. The van der Waals surface area contributed by atoms with Crippen molar-refractivity contribution in [3.63, 3.8) is 0 Å². The fourth-order valence-electron chi connectivity index (χ4n) is 3.32. The molecule has 1 N–H and O–H groups in total. The van der Waals surface area contributed by atoms with Gasteiger partial charge < -0.3 is 10.1 Å². The van der Waals surface area contributed by atoms with Crippen LogP contribution in [0.15, 0.2) is 42.5 Å². The summed E-state index contributed by atoms with van der Waals surface area (Å²) in [4.78, 5) is 17.0. The fourth-order valence-corrected chi connectivity index (χ4v) is 3.32. The van der Waals surface area contributed by atoms with Crippen molar-refractivity contribution in [3.05, 3.63) is 59.2 Å². The third-order valence-electron chi connectivity index (χ3n) is 5.19. The number of piperazine rings is 1. The van der Waals surface area contributed by atoms with E-state index in [0.717, 1.165) is 44.2 Å². The number of carbonyl (C=O) groups excluding carboxylic acids is 1. The van der Waals surface area contributed by atoms with Crippen LogP contribution < -0.4 is 10.1 Å². The minimum atomic E-state index is 0.0573. The Morgan fingerprint density at radius 3 is 2.26 bits per heavy atom. The van der Waals surface area contributed by atoms with Gasteiger partial charge in [-0.3, -0.25) is 14.6 Å². The minimum Gasteiger partial charge on any atom is -0.497 e. The van der Waals surface area contributed by atoms with E-state index in [4.69, 9.17) is 4.74 Å². The Bertz CT molecular complexity index is 766. The molecule has 2 aromatic carbocycles. The molecule has 144 valence electrons. The van der Waals surface area contributed by atoms with Crippen LogP contribution in [0.5, 0.6) is 5.75 Å². The standard InChI is InChI=1S/C22H29N3O2/c1-17-4-7-20(14-18(17)2)23-22(26)16-25-12-10-24(11-13-25)15-19-5-8-21(27-3)9-6-19/h4-9,14H,10-13,15-16H2,1-3H3,(H,23,26). The van der Waals surface area contributed by atoms with Gasteiger partial charge in [-0.1, -0.05) is 18.2 Å². The van der Waals surface area contributed by atoms with Gasteiger partial charge >= 0.3 is 0 Å². The molecule has 0 aromatic heterocycles. The van der Waals surface area contributed by atoms with Crippen LogP contribution >= 0.6 is 0 Å². The summed E-state index contributed by atoms with van der Waals surface area (Å²) in [6, 6.07) is 14.3. The van der Waals surface area contributed by atoms with Crippen LogP contribution in [-0.2, 0) is 11.3 Å². The van der Waals surface area contributed by atoms with Crippen molar-refractivity contribution >= 4 is 11.6 Å². The second kappa shape index (κ2) is 9.02. The van der Waals surface area contributed by atoms with Crippen LogP contribution in [0.4, 0.5) is 5.69 Å². The predicted molar refractivity (Wildman–Crippen MR) is 109 cm³/mol. The predicted octanol–water partition coefficient (Wildman–Crippen LogP) is 3.07. The van der Waals surface area contributed by atoms with Crippen LogP contribution in [0.3, 0.4) is 0 Å². The number of hydrogen-bond acceptors (Lipinski definition) is 4. The van der Waals surface area contributed by atoms with Gasteiger partial charge in [0.2, 0.25) is 5.91 Å². The molecule has 0 bridgehead atoms. The third-order valence-corrected chi connectivity index (χ3v) is 5.19. The Morgan fingerprint density at radius 2 is 1.63 bits per heavy atom. The van der Waals surface area contributed by atoms with Crippen molar-refractivity contribution in [1.29, 1.82) is 0 Å². The highest BCUT2D eigenvalue weighted by atomic mass is 16.5. The number of ether oxygens (including phenoxy) is 1. The van der Waals surface area contributed by atoms with Crippen molar-refractivity contribution in [2.75, 3.05) is 45.2 Å². The lowest BCUT2D eigenvalue weighted by molar-refractivity contribution is -0.117. The van der Waals surface area contributed by atoms with E-state index < -0.39 is 0 Å². The van der Waals surface area contributed by atoms with Gasteiger partial charge in [-0.25, -0.2) is 0 Å². The quantitative estimate of drug-likeness (QED) is 0.852. The molecule has 0 spiro atoms. The Hall–Kier alpha value is -2.37. The van der Waals surface area contributed by atoms with E-state index >= 15 is 0 Å². The first kappa shape index (κ1) is 19.4. The fraction of sp³-hybridized carbons (Fsp3) is 0.409. The maximum atomic E-state index is 12.3. The molecule has 1 fully saturated rings. The first-order valence-corrected chi connectivity index (χ1v) is 9.48. The number of aryl methyl sites for hydroxylation is 2. The van der Waals surface area contributed by atoms with Crippen molar-refractivity contribution in [1.82, 2.24) is 9.80 Å². The molecule has 5 heteroatoms. The second-order valence-corrected chi connectivity index (χ2v) is 7.25. The maximum Gasteiger partial charge on any atom is 0.238 e. The SMILES string of the molecule is COc1ccc(CN2CCN(CC(=O)Nc3ccc(C)c(C)c3)CC2)cc1. The number of carbonyl (C=O) groups is 1. The molecule has 1 heterocycles. The molecule has 1 aliphatic rings. The number of benzene rings is 2. The van der Waals surface area contributed by atoms with E-state index in [2.05, 4.69) is 41.1 Å². The molecule has 1 amide bonds. The largest absolute Gasteiger partial charge is 0.497 e. The lowest BCUT2D eigenvalue weighted by atomic mass is 10.1. The number of hydrogen-bond donors (Lipinski definition) is 1. The number of nitrogens with zero attached hydrogens (tertiary/aromatic N) is 2. The van der Waals surface area contributed by atoms with Gasteiger partial charge in [-0.05, 0) is 54.8 Å². The minimum absolute atomic E-state index is 0.0573. The molecule has 0 aliphatic carbocycles. The maximum absolute atomic E-state index is 12.3. The molecule has 2 aromatic rings. The van der Waals surface area contributed by atoms with Gasteiger partial charge in [0, 0.05) is 38.4 Å². The summed E-state index contributed by atoms with van der Waals surface area (Å²) in [5.41, 5.74) is 4.60. The van der Waals surface area contributed by atoms with Crippen molar-refractivity contribution in [2.24, 2.45) is 0 Å². The van der Waals surface area contributed by atoms with Crippen molar-refractivity contribution in [2.45, 2.75) is 20.4 Å². The van der Waals surface area contributed by atoms with E-state index in [0.29, 0.717) is 6.54 Å². The molecule has 0 saturated carbocycles. The zero-order chi connectivity index (χ0) is 19.2. The molecule has 3 rings (SSSR count). The second-order valence-electron chi connectivity index (χ2n) is 7.25. The van der Waals surface area contributed by atoms with Gasteiger partial charge in [0.25, 0.3) is 0 Å². The van der Waals surface area contributed by atoms with Crippen molar-refractivity contribution in [3.8, 4) is 5.75 Å². The number of anilines is 1. The van der Waals surface area contributed by atoms with E-state index in [1.807, 2.05) is 30.3 Å². The summed E-state index contributed by atoms with van der Waals surface area (Å²) < 4.78 is 5.21. The highest BCUT2D eigenvalue weighted by molar-refractivity contribution is 5.92. The van der Waals surface area contributed by atoms with Gasteiger partial charge in [-0.2, -0.15) is 0 Å². The molecule has 0 atom stereocenters. The number of rotatable bonds is 6. The Labute approximate surface area is 161 Å². The van der Waals surface area contributed by atoms with Crippen LogP contribution in [0, 0.1) is 13.8 Å². The summed E-state index contributed by atoms with van der Waals surface area (Å²) in [6.07, 6.45) is 0.